The van der Waals surface area contributed by atoms with Crippen molar-refractivity contribution in [3.63, 3.8) is 0 Å². The van der Waals surface area contributed by atoms with Gasteiger partial charge in [0.05, 0.1) is 0 Å². The van der Waals surface area contributed by atoms with Crippen molar-refractivity contribution in [2.24, 2.45) is 11.8 Å². The summed E-state index contributed by atoms with van der Waals surface area (Å²) in [6.07, 6.45) is 0. The monoisotopic (exact) mass is 294 g/mol. The van der Waals surface area contributed by atoms with E-state index in [-0.39, 0.29) is 0 Å². The van der Waals surface area contributed by atoms with Gasteiger partial charge in [-0.3, -0.25) is 0 Å². The van der Waals surface area contributed by atoms with E-state index in [1.807, 2.05) is 0 Å². The molecule has 0 aliphatic carbocycles. The van der Waals surface area contributed by atoms with Crippen molar-refractivity contribution in [1.82, 2.24) is 10.6 Å². The van der Waals surface area contributed by atoms with E-state index in [0.717, 1.165) is 13.1 Å². The molecule has 0 radical (unpaired) electrons. The Labute approximate surface area is 134 Å². The predicted octanol–water partition coefficient (Wildman–Crippen LogP) is 3.76. The molecule has 116 valence electrons. The molecule has 1 fully saturated rings. The van der Waals surface area contributed by atoms with E-state index in [2.05, 4.69) is 85.1 Å². The van der Waals surface area contributed by atoms with Crippen molar-refractivity contribution in [2.75, 3.05) is 6.54 Å². The highest BCUT2D eigenvalue weighted by atomic mass is 15.0. The Bertz CT molecular complexity index is 567. The maximum atomic E-state index is 3.80. The maximum absolute atomic E-state index is 3.80. The van der Waals surface area contributed by atoms with E-state index in [4.69, 9.17) is 0 Å². The first-order chi connectivity index (χ1) is 10.8. The van der Waals surface area contributed by atoms with Crippen molar-refractivity contribution < 1.29 is 0 Å². The minimum Gasteiger partial charge on any atom is -0.309 e. The van der Waals surface area contributed by atoms with Crippen molar-refractivity contribution >= 4 is 0 Å². The fourth-order valence-electron chi connectivity index (χ4n) is 3.65. The zero-order valence-corrected chi connectivity index (χ0v) is 13.5. The molecule has 2 aromatic rings. The third-order valence-corrected chi connectivity index (χ3v) is 4.91. The minimum absolute atomic E-state index is 0.436. The SMILES string of the molecule is C[C@@H]1[C@H](NCc2ccccc2)[C@H](C)CN[C@@H]1c1ccccc1. The average Bonchev–Trinajstić information content (AvgIpc) is 2.56. The summed E-state index contributed by atoms with van der Waals surface area (Å²) in [5.74, 6) is 1.20. The topological polar surface area (TPSA) is 24.1 Å². The number of piperidine rings is 1. The van der Waals surface area contributed by atoms with Gasteiger partial charge < -0.3 is 10.6 Å². The van der Waals surface area contributed by atoms with Gasteiger partial charge in [-0.1, -0.05) is 74.5 Å². The van der Waals surface area contributed by atoms with Gasteiger partial charge >= 0.3 is 0 Å². The van der Waals surface area contributed by atoms with E-state index in [0.29, 0.717) is 23.9 Å². The molecule has 0 aromatic heterocycles. The molecule has 4 atom stereocenters. The van der Waals surface area contributed by atoms with E-state index in [9.17, 15) is 0 Å². The smallest absolute Gasteiger partial charge is 0.0361 e. The van der Waals surface area contributed by atoms with Crippen LogP contribution in [0.1, 0.15) is 31.0 Å². The van der Waals surface area contributed by atoms with Crippen LogP contribution in [0.5, 0.6) is 0 Å². The van der Waals surface area contributed by atoms with Gasteiger partial charge in [0, 0.05) is 18.6 Å². The zero-order valence-electron chi connectivity index (χ0n) is 13.5. The molecule has 1 heterocycles. The molecule has 2 aromatic carbocycles. The lowest BCUT2D eigenvalue weighted by Crippen LogP contribution is -2.53. The summed E-state index contributed by atoms with van der Waals surface area (Å²) in [6, 6.07) is 22.5. The van der Waals surface area contributed by atoms with E-state index < -0.39 is 0 Å². The summed E-state index contributed by atoms with van der Waals surface area (Å²) in [5.41, 5.74) is 2.75. The van der Waals surface area contributed by atoms with E-state index >= 15 is 0 Å². The zero-order chi connectivity index (χ0) is 15.4. The average molecular weight is 294 g/mol. The second-order valence-corrected chi connectivity index (χ2v) is 6.53. The fourth-order valence-corrected chi connectivity index (χ4v) is 3.65. The summed E-state index contributed by atoms with van der Waals surface area (Å²) in [7, 11) is 0. The van der Waals surface area contributed by atoms with Crippen LogP contribution in [0.3, 0.4) is 0 Å². The lowest BCUT2D eigenvalue weighted by molar-refractivity contribution is 0.172. The maximum Gasteiger partial charge on any atom is 0.0361 e. The molecule has 0 spiro atoms. The number of nitrogens with one attached hydrogen (secondary N) is 2. The van der Waals surface area contributed by atoms with Crippen LogP contribution in [0.25, 0.3) is 0 Å². The van der Waals surface area contributed by atoms with Gasteiger partial charge in [-0.05, 0) is 29.5 Å². The molecule has 2 N–H and O–H groups in total. The third kappa shape index (κ3) is 3.40. The van der Waals surface area contributed by atoms with Gasteiger partial charge in [0.1, 0.15) is 0 Å². The van der Waals surface area contributed by atoms with E-state index in [1.165, 1.54) is 11.1 Å². The summed E-state index contributed by atoms with van der Waals surface area (Å²) in [6.45, 7) is 6.72. The highest BCUT2D eigenvalue weighted by Gasteiger charge is 2.34. The van der Waals surface area contributed by atoms with Gasteiger partial charge in [-0.25, -0.2) is 0 Å². The molecule has 2 heteroatoms. The second kappa shape index (κ2) is 7.08. The molecule has 2 nitrogen and oxygen atoms in total. The summed E-state index contributed by atoms with van der Waals surface area (Å²) in [4.78, 5) is 0. The molecule has 1 saturated heterocycles. The molecule has 22 heavy (non-hydrogen) atoms. The summed E-state index contributed by atoms with van der Waals surface area (Å²) in [5, 5.41) is 7.52. The molecule has 0 amide bonds. The van der Waals surface area contributed by atoms with Crippen molar-refractivity contribution in [2.45, 2.75) is 32.5 Å². The Hall–Kier alpha value is -1.64. The van der Waals surface area contributed by atoms with Gasteiger partial charge in [0.25, 0.3) is 0 Å². The van der Waals surface area contributed by atoms with Gasteiger partial charge in [0.2, 0.25) is 0 Å². The van der Waals surface area contributed by atoms with Gasteiger partial charge in [-0.2, -0.15) is 0 Å². The van der Waals surface area contributed by atoms with Crippen LogP contribution in [0.2, 0.25) is 0 Å². The van der Waals surface area contributed by atoms with Crippen molar-refractivity contribution in [3.05, 3.63) is 71.8 Å². The van der Waals surface area contributed by atoms with Crippen molar-refractivity contribution in [1.29, 1.82) is 0 Å². The van der Waals surface area contributed by atoms with E-state index in [1.54, 1.807) is 0 Å². The van der Waals surface area contributed by atoms with Crippen LogP contribution in [0.15, 0.2) is 60.7 Å². The highest BCUT2D eigenvalue weighted by Crippen LogP contribution is 2.31. The first-order valence-electron chi connectivity index (χ1n) is 8.31. The summed E-state index contributed by atoms with van der Waals surface area (Å²) >= 11 is 0. The lowest BCUT2D eigenvalue weighted by atomic mass is 9.79. The number of benzene rings is 2. The van der Waals surface area contributed by atoms with Crippen LogP contribution >= 0.6 is 0 Å². The van der Waals surface area contributed by atoms with Crippen LogP contribution in [-0.2, 0) is 6.54 Å². The largest absolute Gasteiger partial charge is 0.309 e. The second-order valence-electron chi connectivity index (χ2n) is 6.53. The van der Waals surface area contributed by atoms with Crippen LogP contribution in [-0.4, -0.2) is 12.6 Å². The minimum atomic E-state index is 0.436. The molecule has 0 bridgehead atoms. The first-order valence-corrected chi connectivity index (χ1v) is 8.31. The summed E-state index contributed by atoms with van der Waals surface area (Å²) < 4.78 is 0. The molecular formula is C20H26N2. The highest BCUT2D eigenvalue weighted by molar-refractivity contribution is 5.21. The Morgan fingerprint density at radius 1 is 0.955 bits per heavy atom. The predicted molar refractivity (Wildman–Crippen MR) is 92.6 cm³/mol. The Morgan fingerprint density at radius 2 is 1.59 bits per heavy atom. The third-order valence-electron chi connectivity index (χ3n) is 4.91. The van der Waals surface area contributed by atoms with Crippen molar-refractivity contribution in [3.8, 4) is 0 Å². The molecule has 3 rings (SSSR count). The quantitative estimate of drug-likeness (QED) is 0.897. The first kappa shape index (κ1) is 15.3. The standard InChI is InChI=1S/C20H26N2/c1-15-13-21-20(18-11-7-4-8-12-18)16(2)19(15)22-14-17-9-5-3-6-10-17/h3-12,15-16,19-22H,13-14H2,1-2H3/t15-,16-,19-,20+/m1/s1. The van der Waals surface area contributed by atoms with Crippen LogP contribution in [0.4, 0.5) is 0 Å². The molecular weight excluding hydrogens is 268 g/mol. The Morgan fingerprint density at radius 3 is 2.27 bits per heavy atom. The lowest BCUT2D eigenvalue weighted by Gasteiger charge is -2.42. The Balaban J connectivity index is 1.69. The number of hydrogen-bond acceptors (Lipinski definition) is 2. The van der Waals surface area contributed by atoms with Crippen LogP contribution in [0, 0.1) is 11.8 Å². The van der Waals surface area contributed by atoms with Crippen LogP contribution < -0.4 is 10.6 Å². The molecule has 1 aliphatic heterocycles. The number of hydrogen-bond donors (Lipinski definition) is 2. The van der Waals surface area contributed by atoms with Gasteiger partial charge in [-0.15, -0.1) is 0 Å². The molecule has 1 aliphatic rings. The molecule has 0 saturated carbocycles. The normalized spacial score (nSPS) is 28.5. The fraction of sp³-hybridized carbons (Fsp3) is 0.400. The van der Waals surface area contributed by atoms with Gasteiger partial charge in [0.15, 0.2) is 0 Å². The molecule has 0 unspecified atom stereocenters. The number of rotatable bonds is 4. The Kier molecular flexibility index (Phi) is 4.91.